The van der Waals surface area contributed by atoms with E-state index in [-0.39, 0.29) is 0 Å². The molecule has 1 nitrogen and oxygen atoms in total. The molecule has 0 saturated heterocycles. The minimum Gasteiger partial charge on any atom is -0.383 e. The van der Waals surface area contributed by atoms with Gasteiger partial charge in [0.05, 0.1) is 6.20 Å². The van der Waals surface area contributed by atoms with E-state index in [9.17, 15) is 0 Å². The Kier molecular flexibility index (Phi) is 0.612. The topological polar surface area (TPSA) is 12.0 Å². The average molecular weight is 68.1 g/mol. The minimum atomic E-state index is 1.08. The Hall–Kier alpha value is -0.460. The molecule has 5 heavy (non-hydrogen) atoms. The molecule has 0 unspecified atom stereocenters. The molecule has 27 valence electrons. The Morgan fingerprint density at radius 3 is 3.00 bits per heavy atom. The fraction of sp³-hybridized carbons (Fsp3) is 0.500. The van der Waals surface area contributed by atoms with Crippen molar-refractivity contribution in [3.63, 3.8) is 0 Å². The number of hydrogen-bond donors (Lipinski definition) is 1. The highest BCUT2D eigenvalue weighted by Gasteiger charge is 1.82. The maximum Gasteiger partial charge on any atom is 0.0532 e. The van der Waals surface area contributed by atoms with Crippen molar-refractivity contribution in [3.8, 4) is 0 Å². The summed E-state index contributed by atoms with van der Waals surface area (Å²) in [6.07, 6.45) is 6.00. The molecule has 1 heteroatoms. The second-order valence-electron chi connectivity index (χ2n) is 1.06. The molecule has 0 aromatic rings. The van der Waals surface area contributed by atoms with Crippen LogP contribution in [0.15, 0.2) is 6.08 Å². The number of nitrogens with one attached hydrogen (secondary N) is 1. The first kappa shape index (κ1) is 2.76. The molecule has 0 spiro atoms. The monoisotopic (exact) mass is 68.1 g/mol. The Morgan fingerprint density at radius 1 is 1.80 bits per heavy atom. The van der Waals surface area contributed by atoms with Gasteiger partial charge in [0.15, 0.2) is 0 Å². The SMILES string of the molecule is [C]1=CCCN1. The number of rotatable bonds is 0. The second-order valence-corrected chi connectivity index (χ2v) is 1.06. The van der Waals surface area contributed by atoms with Crippen molar-refractivity contribution < 1.29 is 0 Å². The molecule has 0 aromatic carbocycles. The zero-order valence-corrected chi connectivity index (χ0v) is 2.99. The van der Waals surface area contributed by atoms with E-state index in [0.29, 0.717) is 0 Å². The predicted octanol–water partition coefficient (Wildman–Crippen LogP) is 0.297. The van der Waals surface area contributed by atoms with Gasteiger partial charge in [-0.3, -0.25) is 0 Å². The molecular weight excluding hydrogens is 62.1 g/mol. The summed E-state index contributed by atoms with van der Waals surface area (Å²) in [7, 11) is 0. The first-order valence-corrected chi connectivity index (χ1v) is 1.80. The summed E-state index contributed by atoms with van der Waals surface area (Å²) < 4.78 is 0. The van der Waals surface area contributed by atoms with Gasteiger partial charge in [0.1, 0.15) is 0 Å². The Morgan fingerprint density at radius 2 is 2.80 bits per heavy atom. The summed E-state index contributed by atoms with van der Waals surface area (Å²) in [5.41, 5.74) is 0. The van der Waals surface area contributed by atoms with Gasteiger partial charge in [-0.1, -0.05) is 6.08 Å². The van der Waals surface area contributed by atoms with Crippen molar-refractivity contribution >= 4 is 0 Å². The van der Waals surface area contributed by atoms with Crippen molar-refractivity contribution in [1.29, 1.82) is 0 Å². The van der Waals surface area contributed by atoms with E-state index in [2.05, 4.69) is 11.5 Å². The zero-order chi connectivity index (χ0) is 3.54. The molecule has 0 atom stereocenters. The molecule has 1 N–H and O–H groups in total. The van der Waals surface area contributed by atoms with E-state index < -0.39 is 0 Å². The maximum atomic E-state index is 2.92. The fourth-order valence-electron chi connectivity index (χ4n) is 0.361. The van der Waals surface area contributed by atoms with E-state index in [1.54, 1.807) is 0 Å². The summed E-state index contributed by atoms with van der Waals surface area (Å²) in [4.78, 5) is 0. The van der Waals surface area contributed by atoms with Crippen LogP contribution in [0.5, 0.6) is 0 Å². The lowest BCUT2D eigenvalue weighted by Gasteiger charge is -1.77. The molecular formula is C4H6N. The standard InChI is InChI=1S/C4H6N/c1-2-4-5-3-1/h1,5H,2,4H2. The van der Waals surface area contributed by atoms with E-state index in [1.165, 1.54) is 0 Å². The molecule has 0 aliphatic carbocycles. The molecule has 1 radical (unpaired) electrons. The zero-order valence-electron chi connectivity index (χ0n) is 2.99. The van der Waals surface area contributed by atoms with Gasteiger partial charge in [-0.2, -0.15) is 0 Å². The van der Waals surface area contributed by atoms with Crippen LogP contribution in [0.4, 0.5) is 0 Å². The van der Waals surface area contributed by atoms with Gasteiger partial charge in [-0.25, -0.2) is 0 Å². The lowest BCUT2D eigenvalue weighted by molar-refractivity contribution is 0.902. The van der Waals surface area contributed by atoms with Gasteiger partial charge >= 0.3 is 0 Å². The predicted molar refractivity (Wildman–Crippen MR) is 20.4 cm³/mol. The van der Waals surface area contributed by atoms with Crippen LogP contribution in [0.1, 0.15) is 6.42 Å². The Bertz CT molecular complexity index is 41.6. The summed E-state index contributed by atoms with van der Waals surface area (Å²) in [6, 6.07) is 0. The molecule has 1 heterocycles. The third kappa shape index (κ3) is 0.407. The summed E-state index contributed by atoms with van der Waals surface area (Å²) in [6.45, 7) is 1.08. The van der Waals surface area contributed by atoms with Crippen LogP contribution in [0, 0.1) is 6.20 Å². The van der Waals surface area contributed by atoms with Gasteiger partial charge in [0.25, 0.3) is 0 Å². The van der Waals surface area contributed by atoms with Gasteiger partial charge < -0.3 is 5.32 Å². The summed E-state index contributed by atoms with van der Waals surface area (Å²) in [5, 5.41) is 2.92. The number of hydrogen-bond acceptors (Lipinski definition) is 1. The quantitative estimate of drug-likeness (QED) is 0.430. The van der Waals surface area contributed by atoms with Crippen molar-refractivity contribution in [1.82, 2.24) is 5.32 Å². The lowest BCUT2D eigenvalue weighted by atomic mass is 10.5. The summed E-state index contributed by atoms with van der Waals surface area (Å²) in [5.74, 6) is 0. The van der Waals surface area contributed by atoms with Crippen molar-refractivity contribution in [2.45, 2.75) is 6.42 Å². The molecule has 1 aliphatic heterocycles. The van der Waals surface area contributed by atoms with Gasteiger partial charge in [0.2, 0.25) is 0 Å². The Balaban J connectivity index is 2.32. The minimum absolute atomic E-state index is 1.08. The highest BCUT2D eigenvalue weighted by molar-refractivity contribution is 4.79. The van der Waals surface area contributed by atoms with Crippen LogP contribution in [0.3, 0.4) is 0 Å². The van der Waals surface area contributed by atoms with E-state index in [0.717, 1.165) is 13.0 Å². The lowest BCUT2D eigenvalue weighted by Crippen LogP contribution is -1.97. The van der Waals surface area contributed by atoms with Crippen LogP contribution in [0.25, 0.3) is 0 Å². The van der Waals surface area contributed by atoms with Crippen molar-refractivity contribution in [3.05, 3.63) is 12.3 Å². The first-order valence-electron chi connectivity index (χ1n) is 1.80. The normalized spacial score (nSPS) is 19.2. The van der Waals surface area contributed by atoms with E-state index in [1.807, 2.05) is 6.08 Å². The van der Waals surface area contributed by atoms with Crippen LogP contribution < -0.4 is 5.32 Å². The third-order valence-electron chi connectivity index (χ3n) is 0.618. The van der Waals surface area contributed by atoms with Gasteiger partial charge in [-0.05, 0) is 6.42 Å². The average Bonchev–Trinajstić information content (AvgIpc) is 1.76. The molecule has 1 aliphatic rings. The van der Waals surface area contributed by atoms with Crippen molar-refractivity contribution in [2.75, 3.05) is 6.54 Å². The fourth-order valence-corrected chi connectivity index (χ4v) is 0.361. The van der Waals surface area contributed by atoms with Crippen molar-refractivity contribution in [2.24, 2.45) is 0 Å². The van der Waals surface area contributed by atoms with E-state index >= 15 is 0 Å². The van der Waals surface area contributed by atoms with Gasteiger partial charge in [-0.15, -0.1) is 0 Å². The highest BCUT2D eigenvalue weighted by atomic mass is 14.8. The smallest absolute Gasteiger partial charge is 0.0532 e. The Labute approximate surface area is 31.7 Å². The van der Waals surface area contributed by atoms with E-state index in [4.69, 9.17) is 0 Å². The molecule has 0 amide bonds. The van der Waals surface area contributed by atoms with Crippen LogP contribution in [-0.4, -0.2) is 6.54 Å². The maximum absolute atomic E-state index is 2.92. The van der Waals surface area contributed by atoms with Crippen LogP contribution in [0.2, 0.25) is 0 Å². The molecule has 0 fully saturated rings. The molecule has 0 aromatic heterocycles. The second kappa shape index (κ2) is 1.11. The largest absolute Gasteiger partial charge is 0.383 e. The van der Waals surface area contributed by atoms with Crippen LogP contribution >= 0.6 is 0 Å². The van der Waals surface area contributed by atoms with Gasteiger partial charge in [0, 0.05) is 6.54 Å². The first-order chi connectivity index (χ1) is 2.50. The third-order valence-corrected chi connectivity index (χ3v) is 0.618. The molecule has 0 bridgehead atoms. The van der Waals surface area contributed by atoms with Crippen LogP contribution in [-0.2, 0) is 0 Å². The molecule has 0 saturated carbocycles. The highest BCUT2D eigenvalue weighted by Crippen LogP contribution is 1.82. The molecule has 1 rings (SSSR count). The summed E-state index contributed by atoms with van der Waals surface area (Å²) >= 11 is 0.